The smallest absolute Gasteiger partial charge is 0.246 e. The maximum Gasteiger partial charge on any atom is 0.246 e. The van der Waals surface area contributed by atoms with Gasteiger partial charge < -0.3 is 10.2 Å². The van der Waals surface area contributed by atoms with E-state index in [1.165, 1.54) is 0 Å². The minimum atomic E-state index is -0.366. The molecule has 1 saturated carbocycles. The number of nitrogens with one attached hydrogen (secondary N) is 1. The molecule has 29 heavy (non-hydrogen) atoms. The predicted octanol–water partition coefficient (Wildman–Crippen LogP) is 3.54. The lowest BCUT2D eigenvalue weighted by atomic mass is 10.0. The van der Waals surface area contributed by atoms with Crippen molar-refractivity contribution in [1.82, 2.24) is 9.80 Å². The first-order chi connectivity index (χ1) is 14.0. The number of piperazine rings is 1. The number of aryl methyl sites for hydroxylation is 2. The third-order valence-electron chi connectivity index (χ3n) is 5.77. The number of carbonyl (C=O) groups is 2. The summed E-state index contributed by atoms with van der Waals surface area (Å²) in [7, 11) is 0. The van der Waals surface area contributed by atoms with E-state index in [1.54, 1.807) is 0 Å². The number of rotatable bonds is 5. The lowest BCUT2D eigenvalue weighted by Crippen LogP contribution is -2.52. The normalized spacial score (nSPS) is 18.3. The first kappa shape index (κ1) is 19.6. The molecule has 2 fully saturated rings. The summed E-state index contributed by atoms with van der Waals surface area (Å²) in [6.07, 6.45) is 2.06. The Morgan fingerprint density at radius 3 is 2.14 bits per heavy atom. The van der Waals surface area contributed by atoms with Crippen molar-refractivity contribution in [3.8, 4) is 0 Å². The molecule has 1 saturated heterocycles. The molecule has 1 unspecified atom stereocenters. The van der Waals surface area contributed by atoms with Gasteiger partial charge in [-0.05, 0) is 55.5 Å². The van der Waals surface area contributed by atoms with Gasteiger partial charge in [-0.3, -0.25) is 14.5 Å². The maximum absolute atomic E-state index is 13.3. The second-order valence-corrected chi connectivity index (χ2v) is 8.31. The van der Waals surface area contributed by atoms with Crippen LogP contribution in [0.2, 0.25) is 0 Å². The average molecular weight is 392 g/mol. The average Bonchev–Trinajstić information content (AvgIpc) is 3.53. The Balaban J connectivity index is 1.51. The van der Waals surface area contributed by atoms with Gasteiger partial charge in [-0.15, -0.1) is 0 Å². The molecule has 1 heterocycles. The largest absolute Gasteiger partial charge is 0.340 e. The quantitative estimate of drug-likeness (QED) is 0.848. The highest BCUT2D eigenvalue weighted by atomic mass is 16.2. The zero-order chi connectivity index (χ0) is 20.4. The maximum atomic E-state index is 13.3. The molecule has 2 aliphatic rings. The summed E-state index contributed by atoms with van der Waals surface area (Å²) in [4.78, 5) is 29.9. The van der Waals surface area contributed by atoms with E-state index in [9.17, 15) is 9.59 Å². The Kier molecular flexibility index (Phi) is 5.67. The Morgan fingerprint density at radius 1 is 0.931 bits per heavy atom. The van der Waals surface area contributed by atoms with E-state index in [1.807, 2.05) is 61.2 Å². The fraction of sp³-hybridized carbons (Fsp3) is 0.417. The number of benzene rings is 2. The molecule has 2 amide bonds. The number of nitrogens with zero attached hydrogens (tertiary/aromatic N) is 2. The molecule has 1 atom stereocenters. The molecule has 0 aromatic heterocycles. The summed E-state index contributed by atoms with van der Waals surface area (Å²) in [5.74, 6) is 0.517. The van der Waals surface area contributed by atoms with Gasteiger partial charge in [0.05, 0.1) is 0 Å². The van der Waals surface area contributed by atoms with Crippen molar-refractivity contribution in [2.24, 2.45) is 5.92 Å². The van der Waals surface area contributed by atoms with E-state index >= 15 is 0 Å². The summed E-state index contributed by atoms with van der Waals surface area (Å²) in [6.45, 7) is 6.86. The third kappa shape index (κ3) is 4.67. The van der Waals surface area contributed by atoms with Gasteiger partial charge in [-0.25, -0.2) is 0 Å². The fourth-order valence-electron chi connectivity index (χ4n) is 4.21. The standard InChI is InChI=1S/C24H29N3O2/c1-17-14-18(2)16-21(15-17)25-23(28)22(19-6-4-3-5-7-19)26-10-12-27(13-11-26)24(29)20-8-9-20/h3-7,14-16,20,22H,8-13H2,1-2H3,(H,25,28). The molecule has 2 aromatic carbocycles. The van der Waals surface area contributed by atoms with E-state index in [2.05, 4.69) is 16.3 Å². The highest BCUT2D eigenvalue weighted by molar-refractivity contribution is 5.95. The van der Waals surface area contributed by atoms with Crippen LogP contribution < -0.4 is 5.32 Å². The lowest BCUT2D eigenvalue weighted by Gasteiger charge is -2.39. The van der Waals surface area contributed by atoms with Crippen LogP contribution in [0.5, 0.6) is 0 Å². The van der Waals surface area contributed by atoms with Crippen LogP contribution in [0.4, 0.5) is 5.69 Å². The minimum Gasteiger partial charge on any atom is -0.340 e. The van der Waals surface area contributed by atoms with Crippen LogP contribution in [0.15, 0.2) is 48.5 Å². The van der Waals surface area contributed by atoms with Crippen molar-refractivity contribution in [1.29, 1.82) is 0 Å². The zero-order valence-corrected chi connectivity index (χ0v) is 17.2. The van der Waals surface area contributed by atoms with Crippen LogP contribution in [0.1, 0.15) is 35.6 Å². The van der Waals surface area contributed by atoms with Gasteiger partial charge in [-0.2, -0.15) is 0 Å². The van der Waals surface area contributed by atoms with Crippen molar-refractivity contribution in [3.63, 3.8) is 0 Å². The molecular weight excluding hydrogens is 362 g/mol. The van der Waals surface area contributed by atoms with Crippen molar-refractivity contribution in [2.45, 2.75) is 32.7 Å². The van der Waals surface area contributed by atoms with Crippen molar-refractivity contribution < 1.29 is 9.59 Å². The van der Waals surface area contributed by atoms with Gasteiger partial charge in [0, 0.05) is 37.8 Å². The fourth-order valence-corrected chi connectivity index (χ4v) is 4.21. The summed E-state index contributed by atoms with van der Waals surface area (Å²) < 4.78 is 0. The van der Waals surface area contributed by atoms with E-state index in [4.69, 9.17) is 0 Å². The second-order valence-electron chi connectivity index (χ2n) is 8.31. The first-order valence-electron chi connectivity index (χ1n) is 10.5. The van der Waals surface area contributed by atoms with E-state index in [0.717, 1.165) is 35.2 Å². The Hall–Kier alpha value is -2.66. The van der Waals surface area contributed by atoms with E-state index < -0.39 is 0 Å². The van der Waals surface area contributed by atoms with Gasteiger partial charge in [0.15, 0.2) is 0 Å². The molecule has 1 aliphatic heterocycles. The van der Waals surface area contributed by atoms with Gasteiger partial charge in [0.25, 0.3) is 0 Å². The van der Waals surface area contributed by atoms with Gasteiger partial charge in [0.1, 0.15) is 6.04 Å². The van der Waals surface area contributed by atoms with Crippen LogP contribution in [0, 0.1) is 19.8 Å². The summed E-state index contributed by atoms with van der Waals surface area (Å²) in [5, 5.41) is 3.12. The van der Waals surface area contributed by atoms with Crippen LogP contribution >= 0.6 is 0 Å². The minimum absolute atomic E-state index is 0.0248. The lowest BCUT2D eigenvalue weighted by molar-refractivity contribution is -0.135. The topological polar surface area (TPSA) is 52.7 Å². The molecule has 1 N–H and O–H groups in total. The number of hydrogen-bond donors (Lipinski definition) is 1. The van der Waals surface area contributed by atoms with Crippen molar-refractivity contribution in [2.75, 3.05) is 31.5 Å². The van der Waals surface area contributed by atoms with Gasteiger partial charge in [-0.1, -0.05) is 36.4 Å². The molecule has 0 radical (unpaired) electrons. The summed E-state index contributed by atoms with van der Waals surface area (Å²) in [6, 6.07) is 15.7. The second kappa shape index (κ2) is 8.37. The molecular formula is C24H29N3O2. The molecule has 0 bridgehead atoms. The Morgan fingerprint density at radius 2 is 1.55 bits per heavy atom. The van der Waals surface area contributed by atoms with Crippen LogP contribution in [-0.2, 0) is 9.59 Å². The Bertz CT molecular complexity index is 864. The number of hydrogen-bond acceptors (Lipinski definition) is 3. The SMILES string of the molecule is Cc1cc(C)cc(NC(=O)C(c2ccccc2)N2CCN(C(=O)C3CC3)CC2)c1. The molecule has 2 aromatic rings. The molecule has 5 heteroatoms. The highest BCUT2D eigenvalue weighted by Crippen LogP contribution is 2.32. The van der Waals surface area contributed by atoms with E-state index in [-0.39, 0.29) is 17.9 Å². The molecule has 4 rings (SSSR count). The molecule has 0 spiro atoms. The first-order valence-corrected chi connectivity index (χ1v) is 10.5. The summed E-state index contributed by atoms with van der Waals surface area (Å²) >= 11 is 0. The molecule has 5 nitrogen and oxygen atoms in total. The van der Waals surface area contributed by atoms with Crippen molar-refractivity contribution >= 4 is 17.5 Å². The van der Waals surface area contributed by atoms with E-state index in [0.29, 0.717) is 32.1 Å². The number of carbonyl (C=O) groups excluding carboxylic acids is 2. The van der Waals surface area contributed by atoms with Gasteiger partial charge in [0.2, 0.25) is 11.8 Å². The van der Waals surface area contributed by atoms with Crippen LogP contribution in [-0.4, -0.2) is 47.8 Å². The van der Waals surface area contributed by atoms with Crippen LogP contribution in [0.3, 0.4) is 0 Å². The highest BCUT2D eigenvalue weighted by Gasteiger charge is 2.36. The predicted molar refractivity (Wildman–Crippen MR) is 115 cm³/mol. The number of anilines is 1. The molecule has 152 valence electrons. The van der Waals surface area contributed by atoms with Gasteiger partial charge >= 0.3 is 0 Å². The van der Waals surface area contributed by atoms with Crippen LogP contribution in [0.25, 0.3) is 0 Å². The summed E-state index contributed by atoms with van der Waals surface area (Å²) in [5.41, 5.74) is 4.07. The monoisotopic (exact) mass is 391 g/mol. The Labute approximate surface area is 172 Å². The third-order valence-corrected chi connectivity index (χ3v) is 5.77. The zero-order valence-electron chi connectivity index (χ0n) is 17.2. The molecule has 1 aliphatic carbocycles. The number of amides is 2. The van der Waals surface area contributed by atoms with Crippen molar-refractivity contribution in [3.05, 3.63) is 65.2 Å².